The molecule has 1 aliphatic heterocycles. The molecule has 3 aromatic carbocycles. The normalized spacial score (nSPS) is 11.4. The quantitative estimate of drug-likeness (QED) is 0.209. The fraction of sp³-hybridized carbons (Fsp3) is 0.143. The molecule has 3 aromatic rings. The van der Waals surface area contributed by atoms with E-state index in [9.17, 15) is 30.3 Å². The topological polar surface area (TPSA) is 144 Å². The van der Waals surface area contributed by atoms with Crippen LogP contribution < -0.4 is 5.43 Å². The first-order chi connectivity index (χ1) is 17.0. The van der Waals surface area contributed by atoms with E-state index in [0.717, 1.165) is 0 Å². The van der Waals surface area contributed by atoms with Crippen LogP contribution in [0.1, 0.15) is 22.3 Å². The van der Waals surface area contributed by atoms with Crippen LogP contribution in [0.3, 0.4) is 0 Å². The molecule has 0 fully saturated rings. The van der Waals surface area contributed by atoms with Gasteiger partial charge in [-0.3, -0.25) is 4.79 Å². The van der Waals surface area contributed by atoms with Crippen LogP contribution in [-0.2, 0) is 0 Å². The number of aromatic nitrogens is 1. The third-order valence-corrected chi connectivity index (χ3v) is 6.50. The van der Waals surface area contributed by atoms with Crippen LogP contribution in [0.25, 0.3) is 44.8 Å². The molecule has 0 saturated carbocycles. The van der Waals surface area contributed by atoms with E-state index in [4.69, 9.17) is 9.40 Å². The second-order valence-corrected chi connectivity index (χ2v) is 8.99. The van der Waals surface area contributed by atoms with Gasteiger partial charge in [0.25, 0.3) is 0 Å². The number of fused-ring (bicyclic) bond motifs is 2. The molecule has 0 atom stereocenters. The smallest absolute Gasteiger partial charge is 0.190 e. The maximum Gasteiger partial charge on any atom is 0.190 e. The number of aryl methyl sites for hydroxylation is 3. The van der Waals surface area contributed by atoms with Crippen LogP contribution >= 0.6 is 0 Å². The van der Waals surface area contributed by atoms with Gasteiger partial charge in [-0.2, -0.15) is 0 Å². The molecule has 182 valence electrons. The molecule has 0 amide bonds. The summed E-state index contributed by atoms with van der Waals surface area (Å²) in [4.78, 5) is 17.9. The predicted octanol–water partition coefficient (Wildman–Crippen LogP) is 5.39. The lowest BCUT2D eigenvalue weighted by Gasteiger charge is -2.18. The molecule has 1 heterocycles. The van der Waals surface area contributed by atoms with Gasteiger partial charge in [0.1, 0.15) is 40.0 Å². The summed E-state index contributed by atoms with van der Waals surface area (Å²) in [5.74, 6) is -0.596. The average molecular weight is 485 g/mol. The Morgan fingerprint density at radius 3 is 1.72 bits per heavy atom. The van der Waals surface area contributed by atoms with Gasteiger partial charge in [-0.15, -0.1) is 0 Å². The van der Waals surface area contributed by atoms with E-state index >= 15 is 0 Å². The Labute approximate surface area is 205 Å². The van der Waals surface area contributed by atoms with Gasteiger partial charge in [0.2, 0.25) is 0 Å². The lowest BCUT2D eigenvalue weighted by Crippen LogP contribution is -2.10. The van der Waals surface area contributed by atoms with Crippen molar-refractivity contribution in [1.82, 2.24) is 4.98 Å². The highest BCUT2D eigenvalue weighted by molar-refractivity contribution is 5.94. The van der Waals surface area contributed by atoms with Gasteiger partial charge in [-0.25, -0.2) is 4.98 Å². The Balaban J connectivity index is 1.85. The Hall–Kier alpha value is -4.72. The number of nitrogens with zero attached hydrogens (tertiary/aromatic N) is 1. The number of hydrogen-bond donors (Lipinski definition) is 5. The van der Waals surface area contributed by atoms with Crippen molar-refractivity contribution >= 4 is 11.1 Å². The number of benzene rings is 4. The van der Waals surface area contributed by atoms with Crippen LogP contribution in [0.2, 0.25) is 0 Å². The van der Waals surface area contributed by atoms with E-state index in [1.165, 1.54) is 36.4 Å². The fourth-order valence-electron chi connectivity index (χ4n) is 4.95. The van der Waals surface area contributed by atoms with Crippen molar-refractivity contribution in [3.05, 3.63) is 68.9 Å². The van der Waals surface area contributed by atoms with E-state index in [1.54, 1.807) is 27.7 Å². The molecule has 8 nitrogen and oxygen atoms in total. The largest absolute Gasteiger partial charge is 0.508 e. The summed E-state index contributed by atoms with van der Waals surface area (Å²) in [7, 11) is 0. The molecule has 0 spiro atoms. The lowest BCUT2D eigenvalue weighted by molar-refractivity contribution is 0.449. The molecule has 0 bridgehead atoms. The molecule has 2 aliphatic rings. The first kappa shape index (κ1) is 23.0. The molecule has 0 unspecified atom stereocenters. The summed E-state index contributed by atoms with van der Waals surface area (Å²) < 4.78 is 5.98. The third-order valence-electron chi connectivity index (χ3n) is 6.50. The minimum absolute atomic E-state index is 0.102. The molecule has 1 aliphatic carbocycles. The Bertz CT molecular complexity index is 1700. The maximum absolute atomic E-state index is 13.1. The minimum Gasteiger partial charge on any atom is -0.508 e. The highest BCUT2D eigenvalue weighted by atomic mass is 16.3. The Morgan fingerprint density at radius 2 is 1.17 bits per heavy atom. The molecule has 5 N–H and O–H groups in total. The summed E-state index contributed by atoms with van der Waals surface area (Å²) >= 11 is 0. The number of phenolic OH excluding ortho intramolecular Hbond substituents is 5. The highest BCUT2D eigenvalue weighted by Gasteiger charge is 2.25. The fourth-order valence-corrected chi connectivity index (χ4v) is 4.95. The zero-order chi connectivity index (χ0) is 26.0. The van der Waals surface area contributed by atoms with Crippen molar-refractivity contribution < 1.29 is 29.9 Å². The monoisotopic (exact) mass is 485 g/mol. The van der Waals surface area contributed by atoms with Crippen LogP contribution in [0.15, 0.2) is 45.6 Å². The second kappa shape index (κ2) is 7.91. The lowest BCUT2D eigenvalue weighted by atomic mass is 9.91. The summed E-state index contributed by atoms with van der Waals surface area (Å²) in [5.41, 5.74) is 3.94. The van der Waals surface area contributed by atoms with E-state index < -0.39 is 5.43 Å². The van der Waals surface area contributed by atoms with Gasteiger partial charge in [-0.1, -0.05) is 0 Å². The van der Waals surface area contributed by atoms with Crippen LogP contribution in [0, 0.1) is 27.7 Å². The number of rotatable bonds is 2. The molecule has 0 radical (unpaired) electrons. The first-order valence-corrected chi connectivity index (χ1v) is 11.1. The van der Waals surface area contributed by atoms with Crippen molar-refractivity contribution in [3.8, 4) is 62.5 Å². The van der Waals surface area contributed by atoms with Gasteiger partial charge in [0, 0.05) is 46.5 Å². The first-order valence-electron chi connectivity index (χ1n) is 11.1. The van der Waals surface area contributed by atoms with E-state index in [-0.39, 0.29) is 45.7 Å². The van der Waals surface area contributed by atoms with E-state index in [1.807, 2.05) is 0 Å². The summed E-state index contributed by atoms with van der Waals surface area (Å²) in [6.07, 6.45) is 0. The minimum atomic E-state index is -0.392. The van der Waals surface area contributed by atoms with Gasteiger partial charge >= 0.3 is 0 Å². The predicted molar refractivity (Wildman–Crippen MR) is 135 cm³/mol. The zero-order valence-electron chi connectivity index (χ0n) is 20.0. The highest BCUT2D eigenvalue weighted by Crippen LogP contribution is 2.45. The summed E-state index contributed by atoms with van der Waals surface area (Å²) in [6.45, 7) is 6.81. The molecule has 0 aromatic heterocycles. The van der Waals surface area contributed by atoms with Gasteiger partial charge in [0.15, 0.2) is 16.8 Å². The second-order valence-electron chi connectivity index (χ2n) is 8.99. The van der Waals surface area contributed by atoms with Gasteiger partial charge < -0.3 is 29.9 Å². The van der Waals surface area contributed by atoms with E-state index in [0.29, 0.717) is 50.2 Å². The molecule has 8 heteroatoms. The SMILES string of the molecule is Cc1cc(O)cc(O)c1-c1c(O)cc2oc3cc(=O)c(-c4c(C)cc(O)cc4O)c(C)c-3nc2c1C. The Kier molecular flexibility index (Phi) is 5.06. The van der Waals surface area contributed by atoms with Gasteiger partial charge in [0.05, 0.1) is 0 Å². The van der Waals surface area contributed by atoms with Crippen molar-refractivity contribution in [2.45, 2.75) is 27.7 Å². The third kappa shape index (κ3) is 3.38. The number of hydrogen-bond acceptors (Lipinski definition) is 8. The van der Waals surface area contributed by atoms with Crippen molar-refractivity contribution in [1.29, 1.82) is 0 Å². The number of phenols is 5. The van der Waals surface area contributed by atoms with Crippen LogP contribution in [0.4, 0.5) is 0 Å². The molecular weight excluding hydrogens is 462 g/mol. The molecule has 36 heavy (non-hydrogen) atoms. The van der Waals surface area contributed by atoms with Crippen molar-refractivity contribution in [2.24, 2.45) is 0 Å². The van der Waals surface area contributed by atoms with Gasteiger partial charge in [-0.05, 0) is 62.1 Å². The average Bonchev–Trinajstić information content (AvgIpc) is 2.76. The zero-order valence-corrected chi connectivity index (χ0v) is 20.0. The Morgan fingerprint density at radius 1 is 0.639 bits per heavy atom. The van der Waals surface area contributed by atoms with Crippen LogP contribution in [0.5, 0.6) is 28.7 Å². The molecule has 5 rings (SSSR count). The molecular formula is C28H23NO7. The summed E-state index contributed by atoms with van der Waals surface area (Å²) in [5, 5.41) is 51.5. The van der Waals surface area contributed by atoms with Crippen molar-refractivity contribution in [2.75, 3.05) is 0 Å². The van der Waals surface area contributed by atoms with Crippen LogP contribution in [-0.4, -0.2) is 30.5 Å². The molecule has 0 saturated heterocycles. The van der Waals surface area contributed by atoms with E-state index in [2.05, 4.69) is 0 Å². The summed E-state index contributed by atoms with van der Waals surface area (Å²) in [6, 6.07) is 7.97. The maximum atomic E-state index is 13.1. The van der Waals surface area contributed by atoms with Crippen molar-refractivity contribution in [3.63, 3.8) is 0 Å². The standard InChI is InChI=1S/C28H23NO7/c1-11-5-15(30)7-17(32)23(11)25-13(3)27-21(9-19(25)34)36-22-10-20(35)26(14(4)28(22)29-27)24-12(2)6-16(31)8-18(24)33/h5-10,30-34H,1-4H3. The number of aromatic hydroxyl groups is 5.